The van der Waals surface area contributed by atoms with Crippen molar-refractivity contribution >= 4 is 33.4 Å². The summed E-state index contributed by atoms with van der Waals surface area (Å²) in [6.07, 6.45) is 2.06. The van der Waals surface area contributed by atoms with Gasteiger partial charge in [0.05, 0.1) is 9.64 Å². The predicted octanol–water partition coefficient (Wildman–Crippen LogP) is 7.53. The van der Waals surface area contributed by atoms with E-state index < -0.39 is 26.8 Å². The number of aliphatic carboxylic acids is 1. The second kappa shape index (κ2) is 14.6. The highest BCUT2D eigenvalue weighted by molar-refractivity contribution is 8.00. The molecule has 0 radical (unpaired) electrons. The molecular weight excluding hydrogens is 625 g/mol. The fourth-order valence-electron chi connectivity index (χ4n) is 6.42. The number of piperidine rings is 1. The zero-order chi connectivity index (χ0) is 32.7. The maximum atomic E-state index is 13.6. The van der Waals surface area contributed by atoms with Crippen molar-refractivity contribution in [2.24, 2.45) is 0 Å². The molecular formula is C39H38N2O4S2. The minimum absolute atomic E-state index is 0.0122. The third-order valence-electron chi connectivity index (χ3n) is 8.88. The summed E-state index contributed by atoms with van der Waals surface area (Å²) in [7, 11) is -4.12. The van der Waals surface area contributed by atoms with Crippen LogP contribution in [0.4, 0.5) is 5.69 Å². The van der Waals surface area contributed by atoms with Crippen LogP contribution in [0.5, 0.6) is 0 Å². The fraction of sp³-hybridized carbons (Fsp3) is 0.205. The zero-order valence-corrected chi connectivity index (χ0v) is 27.6. The summed E-state index contributed by atoms with van der Waals surface area (Å²) in [5.74, 6) is -0.726. The number of carboxylic acids is 1. The monoisotopic (exact) mass is 662 g/mol. The van der Waals surface area contributed by atoms with Gasteiger partial charge in [0.2, 0.25) is 10.0 Å². The van der Waals surface area contributed by atoms with Gasteiger partial charge in [0.25, 0.3) is 0 Å². The summed E-state index contributed by atoms with van der Waals surface area (Å²) in [6, 6.07) is 45.7. The van der Waals surface area contributed by atoms with E-state index in [1.54, 1.807) is 12.1 Å². The Morgan fingerprint density at radius 1 is 0.723 bits per heavy atom. The molecule has 0 bridgehead atoms. The first-order chi connectivity index (χ1) is 22.9. The number of nitrogens with zero attached hydrogens (tertiary/aromatic N) is 1. The predicted molar refractivity (Wildman–Crippen MR) is 190 cm³/mol. The first-order valence-corrected chi connectivity index (χ1v) is 18.3. The van der Waals surface area contributed by atoms with E-state index in [0.29, 0.717) is 5.92 Å². The number of carboxylic acid groups (broad SMARTS) is 1. The van der Waals surface area contributed by atoms with Crippen molar-refractivity contribution < 1.29 is 18.3 Å². The molecule has 240 valence electrons. The summed E-state index contributed by atoms with van der Waals surface area (Å²) >= 11 is 1.41. The van der Waals surface area contributed by atoms with Crippen molar-refractivity contribution in [1.82, 2.24) is 4.72 Å². The van der Waals surface area contributed by atoms with Crippen LogP contribution in [0, 0.1) is 0 Å². The smallest absolute Gasteiger partial charge is 0.322 e. The molecule has 1 fully saturated rings. The molecule has 1 saturated heterocycles. The molecule has 1 atom stereocenters. The lowest BCUT2D eigenvalue weighted by atomic mass is 9.84. The Balaban J connectivity index is 1.20. The van der Waals surface area contributed by atoms with Gasteiger partial charge in [-0.2, -0.15) is 4.72 Å². The second-order valence-electron chi connectivity index (χ2n) is 11.8. The molecule has 0 aromatic heterocycles. The molecule has 8 heteroatoms. The summed E-state index contributed by atoms with van der Waals surface area (Å²) < 4.78 is 28.9. The molecule has 0 amide bonds. The van der Waals surface area contributed by atoms with E-state index >= 15 is 0 Å². The molecule has 0 aliphatic carbocycles. The van der Waals surface area contributed by atoms with Crippen LogP contribution >= 0.6 is 11.8 Å². The Morgan fingerprint density at radius 3 is 1.62 bits per heavy atom. The Hall–Kier alpha value is -4.37. The molecule has 6 nitrogen and oxygen atoms in total. The number of carbonyl (C=O) groups is 1. The van der Waals surface area contributed by atoms with E-state index in [1.165, 1.54) is 17.3 Å². The highest BCUT2D eigenvalue weighted by Crippen LogP contribution is 2.48. The summed E-state index contributed by atoms with van der Waals surface area (Å²) in [6.45, 7) is 1.77. The third kappa shape index (κ3) is 7.30. The molecule has 1 heterocycles. The van der Waals surface area contributed by atoms with Gasteiger partial charge in [-0.25, -0.2) is 8.42 Å². The maximum Gasteiger partial charge on any atom is 0.322 e. The van der Waals surface area contributed by atoms with Gasteiger partial charge in [-0.05, 0) is 65.3 Å². The van der Waals surface area contributed by atoms with E-state index in [2.05, 4.69) is 33.9 Å². The van der Waals surface area contributed by atoms with Crippen LogP contribution in [-0.2, 0) is 19.6 Å². The van der Waals surface area contributed by atoms with E-state index in [9.17, 15) is 18.3 Å². The molecule has 47 heavy (non-hydrogen) atoms. The Bertz CT molecular complexity index is 1750. The van der Waals surface area contributed by atoms with Gasteiger partial charge in [0, 0.05) is 24.5 Å². The van der Waals surface area contributed by atoms with Crippen LogP contribution in [0.1, 0.15) is 41.0 Å². The van der Waals surface area contributed by atoms with Crippen LogP contribution in [0.25, 0.3) is 0 Å². The van der Waals surface area contributed by atoms with Crippen molar-refractivity contribution in [2.45, 2.75) is 34.4 Å². The quantitative estimate of drug-likeness (QED) is 0.134. The Labute approximate surface area is 281 Å². The van der Waals surface area contributed by atoms with Crippen LogP contribution in [-0.4, -0.2) is 44.4 Å². The van der Waals surface area contributed by atoms with Gasteiger partial charge in [0.1, 0.15) is 6.04 Å². The van der Waals surface area contributed by atoms with Crippen molar-refractivity contribution in [3.63, 3.8) is 0 Å². The van der Waals surface area contributed by atoms with E-state index in [0.717, 1.165) is 48.3 Å². The minimum atomic E-state index is -4.12. The maximum absolute atomic E-state index is 13.6. The van der Waals surface area contributed by atoms with Crippen molar-refractivity contribution in [3.8, 4) is 0 Å². The highest BCUT2D eigenvalue weighted by Gasteiger charge is 2.39. The molecule has 0 saturated carbocycles. The van der Waals surface area contributed by atoms with Crippen molar-refractivity contribution in [1.29, 1.82) is 0 Å². The first-order valence-electron chi connectivity index (χ1n) is 15.8. The van der Waals surface area contributed by atoms with Gasteiger partial charge in [-0.1, -0.05) is 121 Å². The summed E-state index contributed by atoms with van der Waals surface area (Å²) in [5, 5.41) is 10.3. The van der Waals surface area contributed by atoms with Gasteiger partial charge >= 0.3 is 5.97 Å². The number of nitrogens with one attached hydrogen (secondary N) is 1. The lowest BCUT2D eigenvalue weighted by Gasteiger charge is -2.36. The molecule has 6 rings (SSSR count). The number of hydrogen-bond acceptors (Lipinski definition) is 5. The summed E-state index contributed by atoms with van der Waals surface area (Å²) in [4.78, 5) is 14.9. The number of sulfonamides is 1. The fourth-order valence-corrected chi connectivity index (χ4v) is 9.27. The molecule has 0 unspecified atom stereocenters. The van der Waals surface area contributed by atoms with Crippen LogP contribution in [0.3, 0.4) is 0 Å². The van der Waals surface area contributed by atoms with Gasteiger partial charge in [-0.3, -0.25) is 4.79 Å². The largest absolute Gasteiger partial charge is 0.480 e. The number of rotatable bonds is 12. The minimum Gasteiger partial charge on any atom is -0.480 e. The Morgan fingerprint density at radius 2 is 1.17 bits per heavy atom. The molecule has 0 spiro atoms. The Kier molecular flexibility index (Phi) is 10.1. The van der Waals surface area contributed by atoms with Crippen LogP contribution < -0.4 is 9.62 Å². The lowest BCUT2D eigenvalue weighted by Crippen LogP contribution is -2.43. The van der Waals surface area contributed by atoms with Crippen molar-refractivity contribution in [2.75, 3.05) is 23.7 Å². The third-order valence-corrected chi connectivity index (χ3v) is 12.0. The van der Waals surface area contributed by atoms with Crippen LogP contribution in [0.2, 0.25) is 0 Å². The molecule has 5 aromatic rings. The molecule has 2 N–H and O–H groups in total. The van der Waals surface area contributed by atoms with E-state index in [1.807, 2.05) is 109 Å². The van der Waals surface area contributed by atoms with Gasteiger partial charge < -0.3 is 10.0 Å². The number of benzene rings is 5. The second-order valence-corrected chi connectivity index (χ2v) is 14.7. The average Bonchev–Trinajstić information content (AvgIpc) is 3.13. The first kappa shape index (κ1) is 32.6. The van der Waals surface area contributed by atoms with Gasteiger partial charge in [0.15, 0.2) is 0 Å². The number of anilines is 1. The normalized spacial score (nSPS) is 14.9. The SMILES string of the molecule is O=C(O)[C@H](CSC(c1ccccc1)(c1ccccc1)c1ccccc1)NS(=O)(=O)c1ccc(N2CCC(c3ccccc3)CC2)cc1. The average molecular weight is 663 g/mol. The molecule has 1 aliphatic heterocycles. The van der Waals surface area contributed by atoms with E-state index in [4.69, 9.17) is 0 Å². The lowest BCUT2D eigenvalue weighted by molar-refractivity contribution is -0.138. The van der Waals surface area contributed by atoms with Gasteiger partial charge in [-0.15, -0.1) is 11.8 Å². The standard InChI is InChI=1S/C39H38N2O4S2/c42-38(43)37(29-46-39(32-15-7-2-8-16-32,33-17-9-3-10-18-33)34-19-11-4-12-20-34)40-47(44,45)36-23-21-35(22-24-36)41-27-25-31(26-28-41)30-13-5-1-6-14-30/h1-24,31,37,40H,25-29H2,(H,42,43)/t37-/m0/s1. The van der Waals surface area contributed by atoms with Crippen molar-refractivity contribution in [3.05, 3.63) is 168 Å². The molecule has 5 aromatic carbocycles. The molecule has 1 aliphatic rings. The number of hydrogen-bond donors (Lipinski definition) is 2. The highest BCUT2D eigenvalue weighted by atomic mass is 32.2. The van der Waals surface area contributed by atoms with E-state index in [-0.39, 0.29) is 10.6 Å². The number of thioether (sulfide) groups is 1. The topological polar surface area (TPSA) is 86.7 Å². The van der Waals surface area contributed by atoms with Crippen LogP contribution in [0.15, 0.2) is 150 Å². The summed E-state index contributed by atoms with van der Waals surface area (Å²) in [5.41, 5.74) is 5.23. The zero-order valence-electron chi connectivity index (χ0n) is 26.0.